The van der Waals surface area contributed by atoms with Crippen molar-refractivity contribution in [1.29, 1.82) is 0 Å². The molecule has 0 unspecified atom stereocenters. The Morgan fingerprint density at radius 3 is 0.879 bits per heavy atom. The highest BCUT2D eigenvalue weighted by atomic mass is 32.2. The van der Waals surface area contributed by atoms with E-state index in [2.05, 4.69) is 132 Å². The second kappa shape index (κ2) is 20.4. The Bertz CT molecular complexity index is 2190. The van der Waals surface area contributed by atoms with Crippen molar-refractivity contribution in [3.8, 4) is 23.0 Å². The number of rotatable bonds is 12. The van der Waals surface area contributed by atoms with Crippen molar-refractivity contribution in [3.63, 3.8) is 0 Å². The van der Waals surface area contributed by atoms with E-state index < -0.39 is 0 Å². The van der Waals surface area contributed by atoms with E-state index in [1.165, 1.54) is 76.8 Å². The third kappa shape index (κ3) is 12.0. The first-order valence-corrected chi connectivity index (χ1v) is 26.4. The highest BCUT2D eigenvalue weighted by Crippen LogP contribution is 2.44. The predicted octanol–water partition coefficient (Wildman–Crippen LogP) is 14.2. The SMILES string of the molecule is COc1c2cc(C(C)(C)C)cc1Cc1cc(C(C)(C)C)cc(c1OCCCC1=NCCS1)Cc1cc(C(C)(C)C)cc(c1OC)Cc1cc(C(C)(C)C)cc(c1OCCCC1=NCCS1)C2. The molecule has 2 heterocycles. The van der Waals surface area contributed by atoms with Crippen LogP contribution in [0.1, 0.15) is 176 Å². The number of aliphatic imine (C=N–C) groups is 2. The van der Waals surface area contributed by atoms with Crippen LogP contribution in [0.4, 0.5) is 0 Å². The lowest BCUT2D eigenvalue weighted by Gasteiger charge is -2.29. The second-order valence-electron chi connectivity index (χ2n) is 22.8. The molecule has 0 radical (unpaired) electrons. The molecule has 0 saturated carbocycles. The van der Waals surface area contributed by atoms with Crippen LogP contribution >= 0.6 is 23.5 Å². The number of hydrogen-bond donors (Lipinski definition) is 0. The number of hydrogen-bond acceptors (Lipinski definition) is 8. The van der Waals surface area contributed by atoms with Gasteiger partial charge in [0, 0.05) is 50.3 Å². The van der Waals surface area contributed by atoms with Gasteiger partial charge in [-0.2, -0.15) is 0 Å². The lowest BCUT2D eigenvalue weighted by atomic mass is 9.79. The van der Waals surface area contributed by atoms with Crippen molar-refractivity contribution in [2.45, 2.75) is 156 Å². The van der Waals surface area contributed by atoms with E-state index in [0.29, 0.717) is 38.9 Å². The fourth-order valence-electron chi connectivity index (χ4n) is 9.37. The van der Waals surface area contributed by atoms with Crippen molar-refractivity contribution in [2.24, 2.45) is 9.98 Å². The third-order valence-corrected chi connectivity index (χ3v) is 15.3. The number of thioether (sulfide) groups is 2. The maximum atomic E-state index is 7.13. The molecule has 7 rings (SSSR count). The lowest BCUT2D eigenvalue weighted by Crippen LogP contribution is -2.17. The molecule has 8 heteroatoms. The molecule has 0 aromatic heterocycles. The molecule has 4 aromatic carbocycles. The minimum absolute atomic E-state index is 0.0982. The van der Waals surface area contributed by atoms with Crippen molar-refractivity contribution in [2.75, 3.05) is 52.0 Å². The summed E-state index contributed by atoms with van der Waals surface area (Å²) in [6.07, 6.45) is 6.38. The van der Waals surface area contributed by atoms with Crippen LogP contribution in [0.2, 0.25) is 0 Å². The van der Waals surface area contributed by atoms with Crippen LogP contribution in [0, 0.1) is 0 Å². The molecule has 0 saturated heterocycles. The van der Waals surface area contributed by atoms with Crippen LogP contribution in [-0.2, 0) is 47.3 Å². The van der Waals surface area contributed by atoms with Gasteiger partial charge in [-0.3, -0.25) is 9.98 Å². The van der Waals surface area contributed by atoms with Gasteiger partial charge >= 0.3 is 0 Å². The summed E-state index contributed by atoms with van der Waals surface area (Å²) in [5, 5.41) is 2.50. The molecule has 6 nitrogen and oxygen atoms in total. The van der Waals surface area contributed by atoms with Gasteiger partial charge in [0.05, 0.1) is 37.5 Å². The average Bonchev–Trinajstić information content (AvgIpc) is 3.96. The van der Waals surface area contributed by atoms with Crippen LogP contribution in [0.15, 0.2) is 58.5 Å². The van der Waals surface area contributed by atoms with E-state index in [4.69, 9.17) is 28.9 Å². The summed E-state index contributed by atoms with van der Waals surface area (Å²) < 4.78 is 27.5. The van der Waals surface area contributed by atoms with Crippen molar-refractivity contribution >= 4 is 33.6 Å². The highest BCUT2D eigenvalue weighted by molar-refractivity contribution is 8.14. The lowest BCUT2D eigenvalue weighted by molar-refractivity contribution is 0.307. The van der Waals surface area contributed by atoms with Crippen LogP contribution in [0.25, 0.3) is 0 Å². The molecule has 0 fully saturated rings. The number of nitrogens with zero attached hydrogens (tertiary/aromatic N) is 2. The molecule has 3 aliphatic rings. The van der Waals surface area contributed by atoms with E-state index in [-0.39, 0.29) is 21.7 Å². The number of ether oxygens (including phenoxy) is 4. The van der Waals surface area contributed by atoms with Crippen molar-refractivity contribution in [1.82, 2.24) is 0 Å². The number of fused-ring (bicyclic) bond motifs is 8. The van der Waals surface area contributed by atoms with E-state index in [0.717, 1.165) is 73.3 Å². The second-order valence-corrected chi connectivity index (χ2v) is 25.1. The van der Waals surface area contributed by atoms with Crippen LogP contribution < -0.4 is 18.9 Å². The zero-order valence-corrected chi connectivity index (χ0v) is 44.5. The molecule has 356 valence electrons. The topological polar surface area (TPSA) is 61.6 Å². The summed E-state index contributed by atoms with van der Waals surface area (Å²) in [4.78, 5) is 9.50. The molecular formula is C58H78N2O4S2. The molecule has 66 heavy (non-hydrogen) atoms. The number of methoxy groups -OCH3 is 2. The van der Waals surface area contributed by atoms with Gasteiger partial charge in [-0.15, -0.1) is 23.5 Å². The largest absolute Gasteiger partial charge is 0.496 e. The fourth-order valence-corrected chi connectivity index (χ4v) is 11.2. The van der Waals surface area contributed by atoms with Crippen LogP contribution in [0.3, 0.4) is 0 Å². The maximum absolute atomic E-state index is 7.13. The summed E-state index contributed by atoms with van der Waals surface area (Å²) in [6, 6.07) is 19.2. The monoisotopic (exact) mass is 931 g/mol. The van der Waals surface area contributed by atoms with E-state index >= 15 is 0 Å². The summed E-state index contributed by atoms with van der Waals surface area (Å²) in [6.45, 7) is 30.9. The first-order chi connectivity index (χ1) is 31.1. The van der Waals surface area contributed by atoms with E-state index in [1.807, 2.05) is 37.7 Å². The Morgan fingerprint density at radius 1 is 0.409 bits per heavy atom. The smallest absolute Gasteiger partial charge is 0.126 e. The Labute approximate surface area is 406 Å². The van der Waals surface area contributed by atoms with Gasteiger partial charge in [-0.25, -0.2) is 0 Å². The maximum Gasteiger partial charge on any atom is 0.126 e. The number of benzene rings is 4. The van der Waals surface area contributed by atoms with Gasteiger partial charge < -0.3 is 18.9 Å². The van der Waals surface area contributed by atoms with Gasteiger partial charge in [0.15, 0.2) is 0 Å². The standard InChI is InChI=1S/C58H78N2O4S2/c1-55(2,3)45-29-37-25-41-33-47(57(7,8)9)35-43(53(41)63-21-15-17-49-59-19-23-65-49)27-39-31-46(56(4,5)6)32-40(52(39)62-14)28-44-36-48(58(10,11)12)34-42(26-38(30-45)51(37)61-13)54(44)64-22-16-18-50-60-20-24-66-50/h29-36H,15-28H2,1-14H3. The summed E-state index contributed by atoms with van der Waals surface area (Å²) in [7, 11) is 3.69. The molecule has 0 amide bonds. The Hall–Kier alpha value is -3.88. The third-order valence-electron chi connectivity index (χ3n) is 13.2. The minimum atomic E-state index is -0.0991. The molecule has 2 aliphatic heterocycles. The summed E-state index contributed by atoms with van der Waals surface area (Å²) >= 11 is 3.78. The Balaban J connectivity index is 1.50. The molecule has 8 bridgehead atoms. The zero-order valence-electron chi connectivity index (χ0n) is 42.9. The van der Waals surface area contributed by atoms with E-state index in [9.17, 15) is 0 Å². The van der Waals surface area contributed by atoms with E-state index in [1.54, 1.807) is 0 Å². The molecule has 4 aromatic rings. The first-order valence-electron chi connectivity index (χ1n) is 24.4. The summed E-state index contributed by atoms with van der Waals surface area (Å²) in [5.41, 5.74) is 14.2. The Morgan fingerprint density at radius 2 is 0.667 bits per heavy atom. The predicted molar refractivity (Wildman–Crippen MR) is 284 cm³/mol. The van der Waals surface area contributed by atoms with Crippen LogP contribution in [0.5, 0.6) is 23.0 Å². The van der Waals surface area contributed by atoms with Gasteiger partial charge in [0.25, 0.3) is 0 Å². The zero-order chi connectivity index (χ0) is 47.6. The minimum Gasteiger partial charge on any atom is -0.496 e. The molecular weight excluding hydrogens is 853 g/mol. The average molecular weight is 931 g/mol. The fraction of sp³-hybridized carbons (Fsp3) is 0.552. The van der Waals surface area contributed by atoms with Gasteiger partial charge in [-0.05, 0) is 114 Å². The first kappa shape index (κ1) is 50.0. The molecule has 0 atom stereocenters. The molecule has 0 spiro atoms. The highest BCUT2D eigenvalue weighted by Gasteiger charge is 2.29. The van der Waals surface area contributed by atoms with Crippen LogP contribution in [-0.4, -0.2) is 62.1 Å². The van der Waals surface area contributed by atoms with Crippen molar-refractivity contribution < 1.29 is 18.9 Å². The quantitative estimate of drug-likeness (QED) is 0.116. The van der Waals surface area contributed by atoms with Gasteiger partial charge in [0.2, 0.25) is 0 Å². The normalized spacial score (nSPS) is 15.7. The molecule has 1 aliphatic carbocycles. The molecule has 0 N–H and O–H groups in total. The van der Waals surface area contributed by atoms with Gasteiger partial charge in [-0.1, -0.05) is 132 Å². The van der Waals surface area contributed by atoms with Crippen molar-refractivity contribution in [3.05, 3.63) is 115 Å². The summed E-state index contributed by atoms with van der Waals surface area (Å²) in [5.74, 6) is 5.99. The van der Waals surface area contributed by atoms with Gasteiger partial charge in [0.1, 0.15) is 23.0 Å². The Kier molecular flexibility index (Phi) is 15.4.